The minimum absolute atomic E-state index is 0.161. The summed E-state index contributed by atoms with van der Waals surface area (Å²) in [5.41, 5.74) is 5.91. The molecule has 3 saturated heterocycles. The van der Waals surface area contributed by atoms with E-state index in [1.807, 2.05) is 41.5 Å². The van der Waals surface area contributed by atoms with Gasteiger partial charge in [0.2, 0.25) is 0 Å². The van der Waals surface area contributed by atoms with Crippen LogP contribution in [-0.2, 0) is 42.6 Å². The fourth-order valence-electron chi connectivity index (χ4n) is 3.88. The molecular formula is C25H47NO9. The van der Waals surface area contributed by atoms with Gasteiger partial charge in [0, 0.05) is 17.8 Å². The molecule has 0 aliphatic carbocycles. The lowest BCUT2D eigenvalue weighted by Crippen LogP contribution is -2.54. The molecule has 0 spiro atoms. The number of ether oxygens (including phenoxy) is 9. The maximum atomic E-state index is 6.71. The Labute approximate surface area is 210 Å². The standard InChI is InChI=1S/C25H47NO9/c1-22(2)30-10-19(11-31-22)7-27-16-25(26,17-28-8-20-12-32-23(3,4)33-13-20)18-29-9-21-14-34-24(5,6)35-15-21/h19-21H,7-18,26H2,1-6H3. The van der Waals surface area contributed by atoms with Crippen LogP contribution < -0.4 is 5.73 Å². The molecule has 35 heavy (non-hydrogen) atoms. The van der Waals surface area contributed by atoms with Gasteiger partial charge in [-0.05, 0) is 41.5 Å². The molecule has 0 aromatic rings. The van der Waals surface area contributed by atoms with E-state index in [4.69, 9.17) is 48.4 Å². The predicted octanol–water partition coefficient (Wildman–Crippen LogP) is 1.93. The molecule has 3 heterocycles. The minimum Gasteiger partial charge on any atom is -0.379 e. The van der Waals surface area contributed by atoms with Crippen LogP contribution >= 0.6 is 0 Å². The highest BCUT2D eigenvalue weighted by molar-refractivity contribution is 4.85. The summed E-state index contributed by atoms with van der Waals surface area (Å²) in [7, 11) is 0. The average Bonchev–Trinajstić information content (AvgIpc) is 2.77. The van der Waals surface area contributed by atoms with Gasteiger partial charge in [0.1, 0.15) is 0 Å². The lowest BCUT2D eigenvalue weighted by atomic mass is 10.0. The summed E-state index contributed by atoms with van der Waals surface area (Å²) in [6, 6.07) is 0. The van der Waals surface area contributed by atoms with Crippen LogP contribution in [0.25, 0.3) is 0 Å². The lowest BCUT2D eigenvalue weighted by Gasteiger charge is -2.37. The second-order valence-corrected chi connectivity index (χ2v) is 11.6. The predicted molar refractivity (Wildman–Crippen MR) is 128 cm³/mol. The molecule has 0 saturated carbocycles. The fraction of sp³-hybridized carbons (Fsp3) is 1.00. The third-order valence-corrected chi connectivity index (χ3v) is 6.23. The van der Waals surface area contributed by atoms with Gasteiger partial charge in [0.25, 0.3) is 0 Å². The molecule has 2 N–H and O–H groups in total. The molecule has 3 fully saturated rings. The zero-order chi connectivity index (χ0) is 25.6. The van der Waals surface area contributed by atoms with Gasteiger partial charge in [0.15, 0.2) is 17.4 Å². The van der Waals surface area contributed by atoms with Crippen molar-refractivity contribution in [1.29, 1.82) is 0 Å². The zero-order valence-corrected chi connectivity index (χ0v) is 22.5. The number of rotatable bonds is 12. The van der Waals surface area contributed by atoms with Crippen molar-refractivity contribution >= 4 is 0 Å². The van der Waals surface area contributed by atoms with Crippen LogP contribution in [0.1, 0.15) is 41.5 Å². The summed E-state index contributed by atoms with van der Waals surface area (Å²) in [5.74, 6) is -1.14. The van der Waals surface area contributed by atoms with E-state index in [1.54, 1.807) is 0 Å². The molecule has 0 radical (unpaired) electrons. The summed E-state index contributed by atoms with van der Waals surface area (Å²) in [6.45, 7) is 17.4. The van der Waals surface area contributed by atoms with Crippen molar-refractivity contribution in [2.24, 2.45) is 23.5 Å². The van der Waals surface area contributed by atoms with Crippen molar-refractivity contribution in [3.8, 4) is 0 Å². The van der Waals surface area contributed by atoms with E-state index < -0.39 is 22.9 Å². The van der Waals surface area contributed by atoms with E-state index in [0.29, 0.717) is 79.3 Å². The summed E-state index contributed by atoms with van der Waals surface area (Å²) in [4.78, 5) is 0. The van der Waals surface area contributed by atoms with Crippen LogP contribution in [0, 0.1) is 17.8 Å². The normalized spacial score (nSPS) is 26.1. The molecule has 3 rings (SSSR count). The van der Waals surface area contributed by atoms with Crippen molar-refractivity contribution in [2.75, 3.05) is 79.3 Å². The Morgan fingerprint density at radius 1 is 0.543 bits per heavy atom. The molecule has 0 bridgehead atoms. The van der Waals surface area contributed by atoms with Gasteiger partial charge in [-0.1, -0.05) is 0 Å². The van der Waals surface area contributed by atoms with Crippen molar-refractivity contribution in [3.63, 3.8) is 0 Å². The first-order valence-electron chi connectivity index (χ1n) is 12.7. The average molecular weight is 506 g/mol. The molecule has 10 nitrogen and oxygen atoms in total. The van der Waals surface area contributed by atoms with Crippen LogP contribution in [0.4, 0.5) is 0 Å². The van der Waals surface area contributed by atoms with Crippen molar-refractivity contribution in [2.45, 2.75) is 64.4 Å². The van der Waals surface area contributed by atoms with Crippen LogP contribution in [0.2, 0.25) is 0 Å². The maximum absolute atomic E-state index is 6.71. The van der Waals surface area contributed by atoms with E-state index in [0.717, 1.165) is 0 Å². The zero-order valence-electron chi connectivity index (χ0n) is 22.5. The third kappa shape index (κ3) is 10.5. The van der Waals surface area contributed by atoms with Gasteiger partial charge < -0.3 is 48.4 Å². The second-order valence-electron chi connectivity index (χ2n) is 11.6. The Balaban J connectivity index is 1.42. The number of nitrogens with two attached hydrogens (primary N) is 1. The monoisotopic (exact) mass is 505 g/mol. The highest BCUT2D eigenvalue weighted by atomic mass is 16.7. The van der Waals surface area contributed by atoms with Crippen LogP contribution in [0.3, 0.4) is 0 Å². The van der Waals surface area contributed by atoms with Gasteiger partial charge in [-0.25, -0.2) is 0 Å². The fourth-order valence-corrected chi connectivity index (χ4v) is 3.88. The van der Waals surface area contributed by atoms with Crippen LogP contribution in [0.5, 0.6) is 0 Å². The van der Waals surface area contributed by atoms with Gasteiger partial charge in [-0.15, -0.1) is 0 Å². The molecule has 10 heteroatoms. The molecule has 3 aliphatic heterocycles. The Morgan fingerprint density at radius 2 is 0.771 bits per heavy atom. The highest BCUT2D eigenvalue weighted by Crippen LogP contribution is 2.23. The summed E-state index contributed by atoms with van der Waals surface area (Å²) >= 11 is 0. The van der Waals surface area contributed by atoms with Crippen molar-refractivity contribution in [3.05, 3.63) is 0 Å². The SMILES string of the molecule is CC1(C)OCC(COCC(N)(COCC2COC(C)(C)OC2)COCC2COC(C)(C)OC2)CO1. The largest absolute Gasteiger partial charge is 0.379 e. The minimum atomic E-state index is -0.805. The molecule has 0 unspecified atom stereocenters. The Bertz CT molecular complexity index is 529. The summed E-state index contributed by atoms with van der Waals surface area (Å²) in [6.07, 6.45) is 0. The smallest absolute Gasteiger partial charge is 0.162 e. The molecule has 3 aliphatic rings. The van der Waals surface area contributed by atoms with Gasteiger partial charge >= 0.3 is 0 Å². The van der Waals surface area contributed by atoms with E-state index in [1.165, 1.54) is 0 Å². The van der Waals surface area contributed by atoms with E-state index >= 15 is 0 Å². The first-order chi connectivity index (χ1) is 16.4. The highest BCUT2D eigenvalue weighted by Gasteiger charge is 2.33. The molecule has 0 amide bonds. The van der Waals surface area contributed by atoms with Gasteiger partial charge in [-0.2, -0.15) is 0 Å². The Kier molecular flexibility index (Phi) is 10.4. The van der Waals surface area contributed by atoms with E-state index in [9.17, 15) is 0 Å². The van der Waals surface area contributed by atoms with Gasteiger partial charge in [0.05, 0.1) is 84.8 Å². The first-order valence-corrected chi connectivity index (χ1v) is 12.7. The number of hydrogen-bond acceptors (Lipinski definition) is 10. The quantitative estimate of drug-likeness (QED) is 0.423. The maximum Gasteiger partial charge on any atom is 0.162 e. The summed E-state index contributed by atoms with van der Waals surface area (Å²) in [5, 5.41) is 0. The second kappa shape index (κ2) is 12.4. The lowest BCUT2D eigenvalue weighted by molar-refractivity contribution is -0.268. The molecular weight excluding hydrogens is 458 g/mol. The van der Waals surface area contributed by atoms with E-state index in [2.05, 4.69) is 0 Å². The molecule has 206 valence electrons. The molecule has 0 atom stereocenters. The molecule has 0 aromatic heterocycles. The first kappa shape index (κ1) is 29.2. The van der Waals surface area contributed by atoms with Crippen LogP contribution in [-0.4, -0.2) is 102 Å². The topological polar surface area (TPSA) is 109 Å². The number of hydrogen-bond donors (Lipinski definition) is 1. The molecule has 0 aromatic carbocycles. The summed E-state index contributed by atoms with van der Waals surface area (Å²) < 4.78 is 52.3. The van der Waals surface area contributed by atoms with Crippen molar-refractivity contribution < 1.29 is 42.6 Å². The Morgan fingerprint density at radius 3 is 1.00 bits per heavy atom. The van der Waals surface area contributed by atoms with Crippen molar-refractivity contribution in [1.82, 2.24) is 0 Å². The van der Waals surface area contributed by atoms with Gasteiger partial charge in [-0.3, -0.25) is 0 Å². The third-order valence-electron chi connectivity index (χ3n) is 6.23. The Hall–Kier alpha value is -0.400. The van der Waals surface area contributed by atoms with Crippen LogP contribution in [0.15, 0.2) is 0 Å². The van der Waals surface area contributed by atoms with E-state index in [-0.39, 0.29) is 17.8 Å².